The Bertz CT molecular complexity index is 1230. The molecular formula is C24H24F3N3O5S. The van der Waals surface area contributed by atoms with Crippen molar-refractivity contribution in [1.29, 1.82) is 0 Å². The zero-order valence-corrected chi connectivity index (χ0v) is 19.8. The van der Waals surface area contributed by atoms with Crippen LogP contribution in [-0.4, -0.2) is 50.0 Å². The minimum absolute atomic E-state index is 0.0157. The summed E-state index contributed by atoms with van der Waals surface area (Å²) < 4.78 is 71.2. The molecule has 4 rings (SSSR count). The first-order chi connectivity index (χ1) is 17.0. The average molecular weight is 524 g/mol. The first-order valence-corrected chi connectivity index (χ1v) is 12.5. The zero-order valence-electron chi connectivity index (χ0n) is 19.0. The molecular weight excluding hydrogens is 499 g/mol. The van der Waals surface area contributed by atoms with Gasteiger partial charge < -0.3 is 15.4 Å². The third-order valence-electron chi connectivity index (χ3n) is 6.18. The van der Waals surface area contributed by atoms with Crippen LogP contribution in [0.3, 0.4) is 0 Å². The van der Waals surface area contributed by atoms with Crippen LogP contribution in [0.2, 0.25) is 0 Å². The van der Waals surface area contributed by atoms with E-state index in [0.717, 1.165) is 18.2 Å². The molecule has 36 heavy (non-hydrogen) atoms. The van der Waals surface area contributed by atoms with Crippen molar-refractivity contribution in [2.45, 2.75) is 36.4 Å². The molecule has 2 heterocycles. The number of benzene rings is 2. The van der Waals surface area contributed by atoms with Crippen molar-refractivity contribution < 1.29 is 35.9 Å². The fraction of sp³-hybridized carbons (Fsp3) is 0.333. The van der Waals surface area contributed by atoms with E-state index in [9.17, 15) is 31.2 Å². The van der Waals surface area contributed by atoms with E-state index in [4.69, 9.17) is 4.74 Å². The molecule has 0 radical (unpaired) electrons. The molecule has 0 aliphatic carbocycles. The summed E-state index contributed by atoms with van der Waals surface area (Å²) in [6.45, 7) is 3.81. The number of alkyl halides is 3. The smallest absolute Gasteiger partial charge is 0.354 e. The third-order valence-corrected chi connectivity index (χ3v) is 8.03. The topological polar surface area (TPSA) is 105 Å². The molecule has 12 heteroatoms. The summed E-state index contributed by atoms with van der Waals surface area (Å²) in [5, 5.41) is 5.26. The van der Waals surface area contributed by atoms with Crippen molar-refractivity contribution in [3.05, 3.63) is 77.9 Å². The van der Waals surface area contributed by atoms with Gasteiger partial charge in [0, 0.05) is 31.1 Å². The molecule has 2 aromatic rings. The molecule has 2 N–H and O–H groups in total. The highest BCUT2D eigenvalue weighted by Gasteiger charge is 2.46. The maximum Gasteiger partial charge on any atom is 0.416 e. The predicted molar refractivity (Wildman–Crippen MR) is 123 cm³/mol. The lowest BCUT2D eigenvalue weighted by atomic mass is 10.1. The SMILES string of the molecule is C=CC(=O)NC1CC2CN(S(=O)(=O)c3ccc(C(=O)NCc4ccc(C(F)(F)F)cc4)cc3)CC2O1. The van der Waals surface area contributed by atoms with Gasteiger partial charge in [0.1, 0.15) is 6.23 Å². The van der Waals surface area contributed by atoms with E-state index >= 15 is 0 Å². The number of nitrogens with one attached hydrogen (secondary N) is 2. The van der Waals surface area contributed by atoms with Gasteiger partial charge >= 0.3 is 6.18 Å². The number of rotatable bonds is 7. The second-order valence-corrected chi connectivity index (χ2v) is 10.5. The van der Waals surface area contributed by atoms with E-state index in [2.05, 4.69) is 17.2 Å². The van der Waals surface area contributed by atoms with Crippen LogP contribution in [0.1, 0.15) is 27.9 Å². The second-order valence-electron chi connectivity index (χ2n) is 8.60. The molecule has 2 aromatic carbocycles. The molecule has 3 atom stereocenters. The van der Waals surface area contributed by atoms with Gasteiger partial charge in [-0.2, -0.15) is 17.5 Å². The molecule has 0 spiro atoms. The number of carbonyl (C=O) groups excluding carboxylic acids is 2. The van der Waals surface area contributed by atoms with Crippen LogP contribution in [0.4, 0.5) is 13.2 Å². The summed E-state index contributed by atoms with van der Waals surface area (Å²) in [4.78, 5) is 23.9. The van der Waals surface area contributed by atoms with Gasteiger partial charge in [0.25, 0.3) is 5.91 Å². The molecule has 0 aromatic heterocycles. The summed E-state index contributed by atoms with van der Waals surface area (Å²) >= 11 is 0. The zero-order chi connectivity index (χ0) is 26.1. The van der Waals surface area contributed by atoms with Crippen molar-refractivity contribution in [3.8, 4) is 0 Å². The van der Waals surface area contributed by atoms with Gasteiger partial charge in [-0.1, -0.05) is 18.7 Å². The first kappa shape index (κ1) is 25.9. The Kier molecular flexibility index (Phi) is 7.21. The Morgan fingerprint density at radius 3 is 2.33 bits per heavy atom. The molecule has 3 unspecified atom stereocenters. The molecule has 2 amide bonds. The number of nitrogens with zero attached hydrogens (tertiary/aromatic N) is 1. The largest absolute Gasteiger partial charge is 0.416 e. The summed E-state index contributed by atoms with van der Waals surface area (Å²) in [7, 11) is -3.81. The molecule has 2 aliphatic rings. The van der Waals surface area contributed by atoms with E-state index in [0.29, 0.717) is 12.0 Å². The van der Waals surface area contributed by atoms with Gasteiger partial charge in [0.2, 0.25) is 15.9 Å². The fourth-order valence-corrected chi connectivity index (χ4v) is 5.76. The van der Waals surface area contributed by atoms with E-state index in [1.165, 1.54) is 40.7 Å². The van der Waals surface area contributed by atoms with Crippen LogP contribution in [0, 0.1) is 5.92 Å². The minimum atomic E-state index is -4.43. The van der Waals surface area contributed by atoms with Crippen molar-refractivity contribution in [2.75, 3.05) is 13.1 Å². The minimum Gasteiger partial charge on any atom is -0.354 e. The fourth-order valence-electron chi connectivity index (χ4n) is 4.26. The molecule has 2 fully saturated rings. The molecule has 192 valence electrons. The Balaban J connectivity index is 1.33. The highest BCUT2D eigenvalue weighted by molar-refractivity contribution is 7.89. The molecule has 8 nitrogen and oxygen atoms in total. The van der Waals surface area contributed by atoms with Crippen molar-refractivity contribution in [2.24, 2.45) is 5.92 Å². The maximum absolute atomic E-state index is 13.1. The van der Waals surface area contributed by atoms with Crippen molar-refractivity contribution >= 4 is 21.8 Å². The lowest BCUT2D eigenvalue weighted by Gasteiger charge is -2.19. The van der Waals surface area contributed by atoms with Crippen molar-refractivity contribution in [3.63, 3.8) is 0 Å². The Hall–Kier alpha value is -3.22. The molecule has 0 bridgehead atoms. The number of halogens is 3. The molecule has 0 saturated carbocycles. The van der Waals surface area contributed by atoms with Crippen LogP contribution in [0.15, 0.2) is 66.1 Å². The predicted octanol–water partition coefficient (Wildman–Crippen LogP) is 2.67. The second kappa shape index (κ2) is 10.0. The average Bonchev–Trinajstić information content (AvgIpc) is 3.41. The molecule has 2 aliphatic heterocycles. The number of hydrogen-bond donors (Lipinski definition) is 2. The normalized spacial score (nSPS) is 22.1. The van der Waals surface area contributed by atoms with Crippen LogP contribution >= 0.6 is 0 Å². The number of ether oxygens (including phenoxy) is 1. The summed E-state index contributed by atoms with van der Waals surface area (Å²) in [6, 6.07) is 9.88. The molecule has 2 saturated heterocycles. The number of sulfonamides is 1. The van der Waals surface area contributed by atoms with Gasteiger partial charge in [-0.05, 0) is 54.5 Å². The standard InChI is InChI=1S/C24H24F3N3O5S/c1-2-21(31)29-22-11-17-13-30(14-20(17)35-22)36(33,34)19-9-5-16(6-10-19)23(32)28-12-15-3-7-18(8-4-15)24(25,26)27/h2-10,17,20,22H,1,11-14H2,(H,28,32)(H,29,31). The summed E-state index contributed by atoms with van der Waals surface area (Å²) in [5.41, 5.74) is -0.0752. The van der Waals surface area contributed by atoms with Crippen molar-refractivity contribution in [1.82, 2.24) is 14.9 Å². The van der Waals surface area contributed by atoms with Crippen LogP contribution in [0.5, 0.6) is 0 Å². The van der Waals surface area contributed by atoms with Gasteiger partial charge in [-0.25, -0.2) is 8.42 Å². The van der Waals surface area contributed by atoms with E-state index in [1.54, 1.807) is 0 Å². The number of fused-ring (bicyclic) bond motifs is 1. The number of hydrogen-bond acceptors (Lipinski definition) is 5. The van der Waals surface area contributed by atoms with Crippen LogP contribution in [-0.2, 0) is 32.3 Å². The van der Waals surface area contributed by atoms with Crippen LogP contribution in [0.25, 0.3) is 0 Å². The Labute approximate surface area is 206 Å². The maximum atomic E-state index is 13.1. The van der Waals surface area contributed by atoms with E-state index in [1.807, 2.05) is 0 Å². The lowest BCUT2D eigenvalue weighted by molar-refractivity contribution is -0.137. The number of amides is 2. The van der Waals surface area contributed by atoms with Crippen LogP contribution < -0.4 is 10.6 Å². The van der Waals surface area contributed by atoms with Gasteiger partial charge in [0.15, 0.2) is 0 Å². The Morgan fingerprint density at radius 2 is 1.75 bits per heavy atom. The van der Waals surface area contributed by atoms with Gasteiger partial charge in [-0.3, -0.25) is 9.59 Å². The summed E-state index contributed by atoms with van der Waals surface area (Å²) in [6.07, 6.45) is -3.60. The van der Waals surface area contributed by atoms with Gasteiger partial charge in [0.05, 0.1) is 16.6 Å². The lowest BCUT2D eigenvalue weighted by Crippen LogP contribution is -2.37. The van der Waals surface area contributed by atoms with Gasteiger partial charge in [-0.15, -0.1) is 0 Å². The summed E-state index contributed by atoms with van der Waals surface area (Å²) in [5.74, 6) is -0.895. The highest BCUT2D eigenvalue weighted by atomic mass is 32.2. The first-order valence-electron chi connectivity index (χ1n) is 11.1. The van der Waals surface area contributed by atoms with E-state index in [-0.39, 0.29) is 48.0 Å². The van der Waals surface area contributed by atoms with E-state index < -0.39 is 33.9 Å². The third kappa shape index (κ3) is 5.61. The monoisotopic (exact) mass is 523 g/mol. The Morgan fingerprint density at radius 1 is 1.08 bits per heavy atom. The quantitative estimate of drug-likeness (QED) is 0.543. The highest BCUT2D eigenvalue weighted by Crippen LogP contribution is 2.35. The number of carbonyl (C=O) groups is 2.